The molecule has 10 heteroatoms. The van der Waals surface area contributed by atoms with E-state index in [0.717, 1.165) is 94.7 Å². The standard InChI is InChI=1S/2C23H19FN2O2/c1-28-21-4-2-14(11-20(21)24)18-10-19(13-25-12-18)17-8-15-3-5-22(27)26-7-6-16(9-17)23(15)26;1-28-21-11-14(2-4-20(21)24)18-10-19(13-25-12-18)17-8-15-3-5-22(27)26-7-6-16(9-17)23(15)26/h2*2,4,8-13H,3,5-7H2,1H3. The highest BCUT2D eigenvalue weighted by molar-refractivity contribution is 6.00. The van der Waals surface area contributed by atoms with E-state index in [-0.39, 0.29) is 29.1 Å². The van der Waals surface area contributed by atoms with Crippen LogP contribution in [0, 0.1) is 11.6 Å². The first-order chi connectivity index (χ1) is 27.3. The Labute approximate surface area is 323 Å². The summed E-state index contributed by atoms with van der Waals surface area (Å²) in [5, 5.41) is 0. The Hall–Kier alpha value is -6.42. The van der Waals surface area contributed by atoms with E-state index < -0.39 is 5.82 Å². The number of rotatable bonds is 6. The Morgan fingerprint density at radius 3 is 1.39 bits per heavy atom. The quantitative estimate of drug-likeness (QED) is 0.169. The predicted molar refractivity (Wildman–Crippen MR) is 212 cm³/mol. The molecule has 0 spiro atoms. The SMILES string of the molecule is COc1cc(-c2cncc(-c3cc4c5c(c3)CCN5C(=O)CC4)c2)ccc1F.COc1ccc(-c2cncc(-c3cc4c5c(c3)CCN5C(=O)CC4)c2)cc1F. The van der Waals surface area contributed by atoms with Crippen molar-refractivity contribution in [3.63, 3.8) is 0 Å². The van der Waals surface area contributed by atoms with Crippen LogP contribution in [0.2, 0.25) is 0 Å². The maximum atomic E-state index is 14.1. The summed E-state index contributed by atoms with van der Waals surface area (Å²) in [7, 11) is 2.91. The second kappa shape index (κ2) is 14.3. The van der Waals surface area contributed by atoms with Gasteiger partial charge in [-0.15, -0.1) is 0 Å². The van der Waals surface area contributed by atoms with Gasteiger partial charge in [0.15, 0.2) is 23.1 Å². The molecule has 0 aliphatic carbocycles. The van der Waals surface area contributed by atoms with Crippen LogP contribution in [0.25, 0.3) is 44.5 Å². The van der Waals surface area contributed by atoms with Gasteiger partial charge in [-0.2, -0.15) is 0 Å². The number of anilines is 2. The number of carbonyl (C=O) groups excluding carboxylic acids is 2. The van der Waals surface area contributed by atoms with Crippen molar-refractivity contribution in [2.75, 3.05) is 37.1 Å². The number of halogens is 2. The summed E-state index contributed by atoms with van der Waals surface area (Å²) in [4.78, 5) is 36.9. The monoisotopic (exact) mass is 748 g/mol. The minimum atomic E-state index is -0.392. The number of methoxy groups -OCH3 is 2. The van der Waals surface area contributed by atoms with Crippen LogP contribution in [0.4, 0.5) is 20.2 Å². The van der Waals surface area contributed by atoms with Gasteiger partial charge in [-0.25, -0.2) is 8.78 Å². The van der Waals surface area contributed by atoms with Gasteiger partial charge in [-0.3, -0.25) is 19.6 Å². The number of ether oxygens (including phenoxy) is 2. The van der Waals surface area contributed by atoms with E-state index in [1.54, 1.807) is 30.6 Å². The van der Waals surface area contributed by atoms with Crippen molar-refractivity contribution < 1.29 is 27.8 Å². The van der Waals surface area contributed by atoms with Crippen LogP contribution in [0.15, 0.2) is 97.6 Å². The normalized spacial score (nSPS) is 14.9. The highest BCUT2D eigenvalue weighted by atomic mass is 19.1. The molecule has 280 valence electrons. The summed E-state index contributed by atoms with van der Waals surface area (Å²) in [6, 6.07) is 22.5. The molecular formula is C46H38F2N4O4. The summed E-state index contributed by atoms with van der Waals surface area (Å²) in [6.45, 7) is 1.55. The van der Waals surface area contributed by atoms with Crippen LogP contribution >= 0.6 is 0 Å². The van der Waals surface area contributed by atoms with Crippen molar-refractivity contribution >= 4 is 23.2 Å². The van der Waals surface area contributed by atoms with Crippen molar-refractivity contribution in [1.82, 2.24) is 9.97 Å². The molecule has 0 radical (unpaired) electrons. The third kappa shape index (κ3) is 6.34. The van der Waals surface area contributed by atoms with Crippen LogP contribution in [-0.4, -0.2) is 49.1 Å². The highest BCUT2D eigenvalue weighted by Crippen LogP contribution is 2.42. The van der Waals surface area contributed by atoms with Gasteiger partial charge in [0.1, 0.15) is 0 Å². The van der Waals surface area contributed by atoms with Gasteiger partial charge in [0.25, 0.3) is 0 Å². The molecule has 56 heavy (non-hydrogen) atoms. The summed E-state index contributed by atoms with van der Waals surface area (Å²) in [6.07, 6.45) is 11.7. The first kappa shape index (κ1) is 35.3. The van der Waals surface area contributed by atoms with Gasteiger partial charge >= 0.3 is 0 Å². The van der Waals surface area contributed by atoms with Gasteiger partial charge in [0.05, 0.1) is 25.6 Å². The molecule has 0 fully saturated rings. The number of benzene rings is 4. The lowest BCUT2D eigenvalue weighted by Gasteiger charge is -2.25. The lowest BCUT2D eigenvalue weighted by atomic mass is 9.93. The van der Waals surface area contributed by atoms with Gasteiger partial charge in [0.2, 0.25) is 11.8 Å². The molecule has 6 heterocycles. The van der Waals surface area contributed by atoms with Gasteiger partial charge in [-0.1, -0.05) is 12.1 Å². The number of amides is 2. The Morgan fingerprint density at radius 2 is 0.911 bits per heavy atom. The molecule has 0 bridgehead atoms. The molecule has 4 aliphatic heterocycles. The summed E-state index contributed by atoms with van der Waals surface area (Å²) in [5.41, 5.74) is 14.7. The molecule has 8 nitrogen and oxygen atoms in total. The van der Waals surface area contributed by atoms with E-state index in [4.69, 9.17) is 9.47 Å². The minimum absolute atomic E-state index is 0.217. The fourth-order valence-electron chi connectivity index (χ4n) is 8.45. The highest BCUT2D eigenvalue weighted by Gasteiger charge is 2.33. The van der Waals surface area contributed by atoms with Crippen LogP contribution < -0.4 is 19.3 Å². The van der Waals surface area contributed by atoms with Crippen LogP contribution in [0.5, 0.6) is 11.5 Å². The fourth-order valence-corrected chi connectivity index (χ4v) is 8.45. The predicted octanol–water partition coefficient (Wildman–Crippen LogP) is 8.80. The molecule has 2 aromatic heterocycles. The van der Waals surface area contributed by atoms with Crippen LogP contribution in [-0.2, 0) is 35.3 Å². The second-order valence-electron chi connectivity index (χ2n) is 14.5. The molecular weight excluding hydrogens is 711 g/mol. The Morgan fingerprint density at radius 1 is 0.464 bits per heavy atom. The molecule has 10 rings (SSSR count). The summed E-state index contributed by atoms with van der Waals surface area (Å²) < 4.78 is 37.9. The molecule has 0 saturated carbocycles. The topological polar surface area (TPSA) is 84.9 Å². The third-order valence-electron chi connectivity index (χ3n) is 11.2. The zero-order chi connectivity index (χ0) is 38.5. The molecule has 6 aromatic rings. The average Bonchev–Trinajstić information content (AvgIpc) is 3.88. The molecule has 4 aliphatic rings. The number of pyridine rings is 2. The number of carbonyl (C=O) groups is 2. The fraction of sp³-hybridized carbons (Fsp3) is 0.217. The summed E-state index contributed by atoms with van der Waals surface area (Å²) >= 11 is 0. The molecule has 0 atom stereocenters. The molecule has 0 N–H and O–H groups in total. The largest absolute Gasteiger partial charge is 0.494 e. The van der Waals surface area contributed by atoms with E-state index in [1.165, 1.54) is 48.6 Å². The van der Waals surface area contributed by atoms with Crippen molar-refractivity contribution in [1.29, 1.82) is 0 Å². The number of hydrogen-bond acceptors (Lipinski definition) is 6. The van der Waals surface area contributed by atoms with Crippen molar-refractivity contribution in [3.05, 3.63) is 131 Å². The maximum absolute atomic E-state index is 14.1. The number of nitrogens with zero attached hydrogens (tertiary/aromatic N) is 4. The summed E-state index contributed by atoms with van der Waals surface area (Å²) in [5.74, 6) is 0.126. The Bertz CT molecular complexity index is 2570. The number of aryl methyl sites for hydroxylation is 2. The maximum Gasteiger partial charge on any atom is 0.227 e. The second-order valence-corrected chi connectivity index (χ2v) is 14.5. The van der Waals surface area contributed by atoms with E-state index in [2.05, 4.69) is 40.3 Å². The first-order valence-corrected chi connectivity index (χ1v) is 18.8. The zero-order valence-electron chi connectivity index (χ0n) is 31.1. The Balaban J connectivity index is 0.000000146. The third-order valence-corrected chi connectivity index (χ3v) is 11.2. The van der Waals surface area contributed by atoms with E-state index in [9.17, 15) is 18.4 Å². The Kier molecular flexibility index (Phi) is 9.04. The number of hydrogen-bond donors (Lipinski definition) is 0. The van der Waals surface area contributed by atoms with E-state index in [0.29, 0.717) is 12.8 Å². The molecule has 0 saturated heterocycles. The van der Waals surface area contributed by atoms with Gasteiger partial charge in [0, 0.05) is 73.0 Å². The van der Waals surface area contributed by atoms with Crippen molar-refractivity contribution in [2.45, 2.75) is 38.5 Å². The molecule has 0 unspecified atom stereocenters. The average molecular weight is 749 g/mol. The lowest BCUT2D eigenvalue weighted by molar-refractivity contribution is -0.119. The van der Waals surface area contributed by atoms with Crippen LogP contribution in [0.1, 0.15) is 35.1 Å². The number of aromatic nitrogens is 2. The molecule has 2 amide bonds. The molecule has 4 aromatic carbocycles. The van der Waals surface area contributed by atoms with Gasteiger partial charge in [-0.05, 0) is 131 Å². The van der Waals surface area contributed by atoms with Crippen molar-refractivity contribution in [3.8, 4) is 56.0 Å². The van der Waals surface area contributed by atoms with Crippen LogP contribution in [0.3, 0.4) is 0 Å². The van der Waals surface area contributed by atoms with E-state index in [1.807, 2.05) is 34.3 Å². The van der Waals surface area contributed by atoms with Crippen molar-refractivity contribution in [2.24, 2.45) is 0 Å². The minimum Gasteiger partial charge on any atom is -0.494 e. The first-order valence-electron chi connectivity index (χ1n) is 18.8. The smallest absolute Gasteiger partial charge is 0.227 e. The lowest BCUT2D eigenvalue weighted by Crippen LogP contribution is -2.32. The van der Waals surface area contributed by atoms with E-state index >= 15 is 0 Å². The van der Waals surface area contributed by atoms with Gasteiger partial charge < -0.3 is 19.3 Å². The zero-order valence-corrected chi connectivity index (χ0v) is 31.1.